The Hall–Kier alpha value is -0.620. The van der Waals surface area contributed by atoms with Crippen LogP contribution in [0, 0.1) is 0 Å². The molecule has 2 aromatic heterocycles. The molecule has 0 amide bonds. The minimum atomic E-state index is 0.757. The van der Waals surface area contributed by atoms with Gasteiger partial charge in [-0.3, -0.25) is 0 Å². The summed E-state index contributed by atoms with van der Waals surface area (Å²) in [5.41, 5.74) is 1.97. The number of hydrogen-bond acceptors (Lipinski definition) is 2. The Morgan fingerprint density at radius 1 is 0.929 bits per heavy atom. The van der Waals surface area contributed by atoms with Gasteiger partial charge >= 0.3 is 0 Å². The van der Waals surface area contributed by atoms with E-state index in [0.717, 1.165) is 22.0 Å². The number of nitrogens with zero attached hydrogens (tertiary/aromatic N) is 4. The molecule has 0 aliphatic carbocycles. The monoisotopic (exact) mass is 318 g/mol. The first-order chi connectivity index (χ1) is 6.83. The number of hydrogen-bond donors (Lipinski definition) is 0. The van der Waals surface area contributed by atoms with E-state index < -0.39 is 0 Å². The molecule has 74 valence electrons. The molecule has 6 heteroatoms. The molecule has 0 unspecified atom stereocenters. The van der Waals surface area contributed by atoms with Crippen molar-refractivity contribution in [3.8, 4) is 0 Å². The maximum Gasteiger partial charge on any atom is 0.0751 e. The molecular formula is C8H8Br2N4. The molecule has 0 saturated heterocycles. The van der Waals surface area contributed by atoms with E-state index in [4.69, 9.17) is 0 Å². The number of alkyl halides is 2. The lowest BCUT2D eigenvalue weighted by Crippen LogP contribution is -2.10. The van der Waals surface area contributed by atoms with Gasteiger partial charge in [-0.1, -0.05) is 31.9 Å². The first kappa shape index (κ1) is 9.92. The largest absolute Gasteiger partial charge is 0.159 e. The lowest BCUT2D eigenvalue weighted by atomic mass is 10.5. The van der Waals surface area contributed by atoms with Gasteiger partial charge in [0.05, 0.1) is 23.8 Å². The summed E-state index contributed by atoms with van der Waals surface area (Å²) in [6, 6.07) is 3.90. The molecule has 2 rings (SSSR count). The van der Waals surface area contributed by atoms with Crippen molar-refractivity contribution in [1.82, 2.24) is 19.8 Å². The molecule has 0 N–H and O–H groups in total. The number of rotatable bonds is 3. The second kappa shape index (κ2) is 4.27. The van der Waals surface area contributed by atoms with Crippen LogP contribution in [0.3, 0.4) is 0 Å². The van der Waals surface area contributed by atoms with E-state index in [2.05, 4.69) is 42.1 Å². The molecule has 0 fully saturated rings. The quantitative estimate of drug-likeness (QED) is 0.813. The third-order valence-corrected chi connectivity index (χ3v) is 2.90. The molecule has 0 spiro atoms. The molecule has 2 heterocycles. The van der Waals surface area contributed by atoms with Crippen LogP contribution in [0.15, 0.2) is 24.5 Å². The van der Waals surface area contributed by atoms with Crippen LogP contribution < -0.4 is 0 Å². The maximum atomic E-state index is 4.30. The zero-order valence-corrected chi connectivity index (χ0v) is 10.4. The van der Waals surface area contributed by atoms with Crippen LogP contribution in [-0.4, -0.2) is 19.8 Å². The Morgan fingerprint density at radius 3 is 1.64 bits per heavy atom. The van der Waals surface area contributed by atoms with Gasteiger partial charge in [-0.2, -0.15) is 19.8 Å². The normalized spacial score (nSPS) is 10.7. The topological polar surface area (TPSA) is 35.6 Å². The summed E-state index contributed by atoms with van der Waals surface area (Å²) in [7, 11) is 0. The van der Waals surface area contributed by atoms with Gasteiger partial charge in [0.15, 0.2) is 0 Å². The average Bonchev–Trinajstić information content (AvgIpc) is 2.86. The minimum Gasteiger partial charge on any atom is -0.159 e. The van der Waals surface area contributed by atoms with Gasteiger partial charge < -0.3 is 0 Å². The van der Waals surface area contributed by atoms with Crippen LogP contribution in [0.1, 0.15) is 11.4 Å². The minimum absolute atomic E-state index is 0.757. The molecule has 0 saturated carbocycles. The third kappa shape index (κ3) is 1.90. The Morgan fingerprint density at radius 2 is 1.36 bits per heavy atom. The summed E-state index contributed by atoms with van der Waals surface area (Å²) in [5.74, 6) is 0. The average molecular weight is 320 g/mol. The molecule has 4 nitrogen and oxygen atoms in total. The van der Waals surface area contributed by atoms with Gasteiger partial charge in [0, 0.05) is 10.7 Å². The smallest absolute Gasteiger partial charge is 0.0751 e. The van der Waals surface area contributed by atoms with E-state index in [0.29, 0.717) is 0 Å². The standard InChI is InChI=1S/C8H8Br2N4/c9-5-7-1-3-13(11-7)14-4-2-8(6-10)12-14/h1-4H,5-6H2. The molecule has 0 aliphatic rings. The second-order valence-electron chi connectivity index (χ2n) is 2.72. The summed E-state index contributed by atoms with van der Waals surface area (Å²) < 4.78 is 0. The lowest BCUT2D eigenvalue weighted by Gasteiger charge is -1.98. The van der Waals surface area contributed by atoms with Crippen molar-refractivity contribution in [2.24, 2.45) is 0 Å². The third-order valence-electron chi connectivity index (χ3n) is 1.75. The molecular weight excluding hydrogens is 312 g/mol. The van der Waals surface area contributed by atoms with Crippen LogP contribution in [0.5, 0.6) is 0 Å². The van der Waals surface area contributed by atoms with Crippen molar-refractivity contribution < 1.29 is 0 Å². The summed E-state index contributed by atoms with van der Waals surface area (Å²) in [6.07, 6.45) is 3.75. The second-order valence-corrected chi connectivity index (χ2v) is 3.84. The van der Waals surface area contributed by atoms with Crippen molar-refractivity contribution in [2.75, 3.05) is 0 Å². The number of halogens is 2. The van der Waals surface area contributed by atoms with Crippen molar-refractivity contribution in [3.05, 3.63) is 35.9 Å². The highest BCUT2D eigenvalue weighted by Gasteiger charge is 2.00. The maximum absolute atomic E-state index is 4.30. The first-order valence-corrected chi connectivity index (χ1v) is 6.29. The van der Waals surface area contributed by atoms with E-state index in [-0.39, 0.29) is 0 Å². The van der Waals surface area contributed by atoms with Crippen LogP contribution in [-0.2, 0) is 10.7 Å². The highest BCUT2D eigenvalue weighted by atomic mass is 79.9. The van der Waals surface area contributed by atoms with Gasteiger partial charge in [0.2, 0.25) is 0 Å². The van der Waals surface area contributed by atoms with Crippen LogP contribution in [0.4, 0.5) is 0 Å². The van der Waals surface area contributed by atoms with E-state index >= 15 is 0 Å². The zero-order chi connectivity index (χ0) is 9.97. The van der Waals surface area contributed by atoms with Gasteiger partial charge in [0.25, 0.3) is 0 Å². The Bertz CT molecular complexity index is 380. The highest BCUT2D eigenvalue weighted by Crippen LogP contribution is 2.04. The van der Waals surface area contributed by atoms with Crippen molar-refractivity contribution in [3.63, 3.8) is 0 Å². The SMILES string of the molecule is BrCc1ccn(-n2ccc(CBr)n2)n1. The van der Waals surface area contributed by atoms with E-state index in [1.54, 1.807) is 9.58 Å². The molecule has 14 heavy (non-hydrogen) atoms. The van der Waals surface area contributed by atoms with Crippen molar-refractivity contribution in [2.45, 2.75) is 10.7 Å². The fraction of sp³-hybridized carbons (Fsp3) is 0.250. The lowest BCUT2D eigenvalue weighted by molar-refractivity contribution is 0.501. The predicted molar refractivity (Wildman–Crippen MR) is 60.5 cm³/mol. The Kier molecular flexibility index (Phi) is 3.02. The van der Waals surface area contributed by atoms with E-state index in [9.17, 15) is 0 Å². The summed E-state index contributed by atoms with van der Waals surface area (Å²) in [6.45, 7) is 0. The molecule has 0 aromatic carbocycles. The van der Waals surface area contributed by atoms with Gasteiger partial charge in [-0.15, -0.1) is 0 Å². The molecule has 2 aromatic rings. The predicted octanol–water partition coefficient (Wildman–Crippen LogP) is 2.18. The van der Waals surface area contributed by atoms with Crippen LogP contribution in [0.25, 0.3) is 0 Å². The van der Waals surface area contributed by atoms with Crippen LogP contribution >= 0.6 is 31.9 Å². The Labute approximate surface area is 98.1 Å². The molecule has 0 bridgehead atoms. The molecule has 0 atom stereocenters. The summed E-state index contributed by atoms with van der Waals surface area (Å²) in [4.78, 5) is 3.39. The summed E-state index contributed by atoms with van der Waals surface area (Å²) >= 11 is 6.70. The summed E-state index contributed by atoms with van der Waals surface area (Å²) in [5, 5.41) is 10.1. The van der Waals surface area contributed by atoms with Crippen LogP contribution in [0.2, 0.25) is 0 Å². The van der Waals surface area contributed by atoms with Gasteiger partial charge in [-0.05, 0) is 12.1 Å². The van der Waals surface area contributed by atoms with E-state index in [1.807, 2.05) is 24.5 Å². The van der Waals surface area contributed by atoms with Crippen molar-refractivity contribution >= 4 is 31.9 Å². The fourth-order valence-corrected chi connectivity index (χ4v) is 1.67. The first-order valence-electron chi connectivity index (χ1n) is 4.05. The fourth-order valence-electron chi connectivity index (χ4n) is 1.07. The molecule has 0 radical (unpaired) electrons. The number of aromatic nitrogens is 4. The van der Waals surface area contributed by atoms with Gasteiger partial charge in [0.1, 0.15) is 0 Å². The molecule has 0 aliphatic heterocycles. The highest BCUT2D eigenvalue weighted by molar-refractivity contribution is 9.08. The van der Waals surface area contributed by atoms with Gasteiger partial charge in [-0.25, -0.2) is 0 Å². The zero-order valence-electron chi connectivity index (χ0n) is 7.27. The Balaban J connectivity index is 2.29. The van der Waals surface area contributed by atoms with Crippen molar-refractivity contribution in [1.29, 1.82) is 0 Å². The van der Waals surface area contributed by atoms with E-state index in [1.165, 1.54) is 0 Å².